The van der Waals surface area contributed by atoms with Crippen molar-refractivity contribution in [2.75, 3.05) is 0 Å². The fourth-order valence-corrected chi connectivity index (χ4v) is 2.70. The highest BCUT2D eigenvalue weighted by atomic mass is 16.1. The molecule has 0 aliphatic heterocycles. The number of carbonyl (C=O) groups is 1. The van der Waals surface area contributed by atoms with Crippen LogP contribution in [0.25, 0.3) is 0 Å². The number of aromatic amines is 1. The predicted octanol–water partition coefficient (Wildman–Crippen LogP) is 1.52. The summed E-state index contributed by atoms with van der Waals surface area (Å²) >= 11 is 0. The number of Topliss-reactive ketones (excluding diaryl/α,β-unsaturated/α-hetero) is 1. The molecule has 0 bridgehead atoms. The van der Waals surface area contributed by atoms with Crippen molar-refractivity contribution in [3.63, 3.8) is 0 Å². The minimum Gasteiger partial charge on any atom is -0.293 e. The number of nitrogens with zero attached hydrogens (tertiary/aromatic N) is 1. The molecule has 3 atom stereocenters. The molecule has 2 aliphatic rings. The van der Waals surface area contributed by atoms with Gasteiger partial charge in [-0.15, -0.1) is 0 Å². The number of ketones is 1. The molecule has 0 radical (unpaired) electrons. The summed E-state index contributed by atoms with van der Waals surface area (Å²) < 4.78 is 0. The number of hydrogen-bond donors (Lipinski definition) is 1. The van der Waals surface area contributed by atoms with Crippen LogP contribution in [0.3, 0.4) is 0 Å². The Labute approximate surface area is 76.5 Å². The zero-order valence-electron chi connectivity index (χ0n) is 7.79. The number of nitrogens with one attached hydrogen (secondary N) is 1. The highest BCUT2D eigenvalue weighted by Gasteiger charge is 2.55. The van der Waals surface area contributed by atoms with E-state index in [0.29, 0.717) is 5.92 Å². The van der Waals surface area contributed by atoms with E-state index in [1.54, 1.807) is 6.92 Å². The molecule has 0 saturated heterocycles. The zero-order chi connectivity index (χ0) is 9.16. The summed E-state index contributed by atoms with van der Waals surface area (Å²) in [5.74, 6) is 2.34. The lowest BCUT2D eigenvalue weighted by molar-refractivity contribution is 0.101. The van der Waals surface area contributed by atoms with Gasteiger partial charge in [-0.25, -0.2) is 0 Å². The van der Waals surface area contributed by atoms with E-state index in [-0.39, 0.29) is 5.78 Å². The first-order chi connectivity index (χ1) is 6.20. The van der Waals surface area contributed by atoms with Crippen molar-refractivity contribution in [1.82, 2.24) is 10.2 Å². The van der Waals surface area contributed by atoms with Crippen molar-refractivity contribution < 1.29 is 4.79 Å². The van der Waals surface area contributed by atoms with Crippen LogP contribution in [0.5, 0.6) is 0 Å². The van der Waals surface area contributed by atoms with Gasteiger partial charge in [0, 0.05) is 18.4 Å². The van der Waals surface area contributed by atoms with Gasteiger partial charge < -0.3 is 0 Å². The van der Waals surface area contributed by atoms with Crippen LogP contribution in [0.1, 0.15) is 41.5 Å². The van der Waals surface area contributed by atoms with Crippen molar-refractivity contribution in [2.45, 2.75) is 26.2 Å². The summed E-state index contributed by atoms with van der Waals surface area (Å²) in [5.41, 5.74) is 3.11. The maximum absolute atomic E-state index is 11.2. The first-order valence-electron chi connectivity index (χ1n) is 4.78. The van der Waals surface area contributed by atoms with Gasteiger partial charge in [-0.1, -0.05) is 6.92 Å². The van der Waals surface area contributed by atoms with E-state index in [0.717, 1.165) is 24.0 Å². The van der Waals surface area contributed by atoms with Crippen molar-refractivity contribution in [1.29, 1.82) is 0 Å². The first kappa shape index (κ1) is 7.30. The Morgan fingerprint density at radius 2 is 2.38 bits per heavy atom. The molecule has 1 heterocycles. The van der Waals surface area contributed by atoms with E-state index in [1.165, 1.54) is 11.3 Å². The second-order valence-electron chi connectivity index (χ2n) is 4.27. The number of aromatic nitrogens is 2. The molecule has 0 spiro atoms. The number of carbonyl (C=O) groups excluding carboxylic acids is 1. The van der Waals surface area contributed by atoms with Gasteiger partial charge in [-0.05, 0) is 18.3 Å². The second kappa shape index (κ2) is 2.03. The maximum atomic E-state index is 11.2. The van der Waals surface area contributed by atoms with Gasteiger partial charge in [0.15, 0.2) is 5.78 Å². The van der Waals surface area contributed by atoms with Crippen LogP contribution in [0.15, 0.2) is 0 Å². The van der Waals surface area contributed by atoms with Crippen LogP contribution in [0.4, 0.5) is 0 Å². The summed E-state index contributed by atoms with van der Waals surface area (Å²) in [6.07, 6.45) is 1.06. The average Bonchev–Trinajstić information content (AvgIpc) is 2.49. The maximum Gasteiger partial charge on any atom is 0.177 e. The van der Waals surface area contributed by atoms with Crippen LogP contribution in [-0.4, -0.2) is 16.0 Å². The number of H-pyrrole nitrogens is 1. The molecule has 3 heteroatoms. The van der Waals surface area contributed by atoms with E-state index < -0.39 is 0 Å². The van der Waals surface area contributed by atoms with Crippen LogP contribution < -0.4 is 0 Å². The van der Waals surface area contributed by atoms with E-state index >= 15 is 0 Å². The molecule has 68 valence electrons. The molecule has 1 fully saturated rings. The lowest BCUT2D eigenvalue weighted by Crippen LogP contribution is -1.99. The van der Waals surface area contributed by atoms with Gasteiger partial charge in [0.1, 0.15) is 5.69 Å². The zero-order valence-corrected chi connectivity index (χ0v) is 7.79. The standard InChI is InChI=1S/C10H12N2O/c1-4-6-3-7-9(5(2)13)11-12-10(7)8(4)6/h4,6,8H,3H2,1-2H3,(H,11,12)/t4-,6+,8-/m0/s1. The SMILES string of the molecule is CC(=O)c1[nH]nc2c1C[C@@H]1[C@H](C)[C@H]21. The van der Waals surface area contributed by atoms with Crippen molar-refractivity contribution in [3.8, 4) is 0 Å². The minimum absolute atomic E-state index is 0.114. The molecule has 1 aromatic heterocycles. The summed E-state index contributed by atoms with van der Waals surface area (Å²) in [4.78, 5) is 11.2. The third-order valence-electron chi connectivity index (χ3n) is 3.57. The fourth-order valence-electron chi connectivity index (χ4n) is 2.70. The van der Waals surface area contributed by atoms with Crippen LogP contribution in [0.2, 0.25) is 0 Å². The molecule has 0 unspecified atom stereocenters. The lowest BCUT2D eigenvalue weighted by Gasteiger charge is -1.97. The molecule has 1 aromatic rings. The third kappa shape index (κ3) is 0.747. The molecular formula is C10H12N2O. The smallest absolute Gasteiger partial charge is 0.177 e. The monoisotopic (exact) mass is 176 g/mol. The van der Waals surface area contributed by atoms with Crippen molar-refractivity contribution >= 4 is 5.78 Å². The summed E-state index contributed by atoms with van der Waals surface area (Å²) in [6, 6.07) is 0. The Hall–Kier alpha value is -1.12. The van der Waals surface area contributed by atoms with Crippen LogP contribution >= 0.6 is 0 Å². The number of hydrogen-bond acceptors (Lipinski definition) is 2. The van der Waals surface area contributed by atoms with E-state index in [1.807, 2.05) is 0 Å². The molecule has 1 N–H and O–H groups in total. The normalized spacial score (nSPS) is 34.2. The average molecular weight is 176 g/mol. The van der Waals surface area contributed by atoms with Crippen LogP contribution in [-0.2, 0) is 6.42 Å². The Kier molecular flexibility index (Phi) is 1.14. The minimum atomic E-state index is 0.114. The number of fused-ring (bicyclic) bond motifs is 3. The van der Waals surface area contributed by atoms with Gasteiger partial charge >= 0.3 is 0 Å². The Balaban J connectivity index is 2.08. The van der Waals surface area contributed by atoms with E-state index in [2.05, 4.69) is 17.1 Å². The summed E-state index contributed by atoms with van der Waals surface area (Å²) in [5, 5.41) is 7.10. The molecule has 13 heavy (non-hydrogen) atoms. The first-order valence-corrected chi connectivity index (χ1v) is 4.78. The molecule has 2 aliphatic carbocycles. The second-order valence-corrected chi connectivity index (χ2v) is 4.27. The molecular weight excluding hydrogens is 164 g/mol. The Morgan fingerprint density at radius 3 is 3.08 bits per heavy atom. The van der Waals surface area contributed by atoms with Gasteiger partial charge in [-0.3, -0.25) is 9.89 Å². The van der Waals surface area contributed by atoms with Crippen molar-refractivity contribution in [2.24, 2.45) is 11.8 Å². The molecule has 3 nitrogen and oxygen atoms in total. The fraction of sp³-hybridized carbons (Fsp3) is 0.600. The largest absolute Gasteiger partial charge is 0.293 e. The highest BCUT2D eigenvalue weighted by molar-refractivity contribution is 5.94. The summed E-state index contributed by atoms with van der Waals surface area (Å²) in [7, 11) is 0. The van der Waals surface area contributed by atoms with Gasteiger partial charge in [-0.2, -0.15) is 5.10 Å². The topological polar surface area (TPSA) is 45.8 Å². The van der Waals surface area contributed by atoms with Gasteiger partial charge in [0.25, 0.3) is 0 Å². The van der Waals surface area contributed by atoms with Crippen molar-refractivity contribution in [3.05, 3.63) is 17.0 Å². The van der Waals surface area contributed by atoms with E-state index in [4.69, 9.17) is 0 Å². The number of rotatable bonds is 1. The predicted molar refractivity (Wildman–Crippen MR) is 47.7 cm³/mol. The molecule has 3 rings (SSSR count). The molecule has 1 saturated carbocycles. The van der Waals surface area contributed by atoms with E-state index in [9.17, 15) is 4.79 Å². The van der Waals surface area contributed by atoms with Gasteiger partial charge in [0.2, 0.25) is 0 Å². The quantitative estimate of drug-likeness (QED) is 0.659. The highest BCUT2D eigenvalue weighted by Crippen LogP contribution is 2.60. The summed E-state index contributed by atoms with van der Waals surface area (Å²) in [6.45, 7) is 3.86. The molecule has 0 aromatic carbocycles. The Bertz CT molecular complexity index is 394. The van der Waals surface area contributed by atoms with Gasteiger partial charge in [0.05, 0.1) is 5.69 Å². The third-order valence-corrected chi connectivity index (χ3v) is 3.57. The Morgan fingerprint density at radius 1 is 1.62 bits per heavy atom. The lowest BCUT2D eigenvalue weighted by atomic mass is 10.1. The van der Waals surface area contributed by atoms with Crippen LogP contribution in [0, 0.1) is 11.8 Å². The molecule has 0 amide bonds.